The van der Waals surface area contributed by atoms with E-state index in [0.717, 1.165) is 0 Å². The van der Waals surface area contributed by atoms with Gasteiger partial charge in [-0.15, -0.1) is 0 Å². The lowest BCUT2D eigenvalue weighted by molar-refractivity contribution is -0.385. The Morgan fingerprint density at radius 1 is 1.25 bits per heavy atom. The fourth-order valence-electron chi connectivity index (χ4n) is 2.05. The van der Waals surface area contributed by atoms with Gasteiger partial charge in [0.05, 0.1) is 4.92 Å². The van der Waals surface area contributed by atoms with Gasteiger partial charge in [-0.05, 0) is 30.7 Å². The molecule has 0 aliphatic carbocycles. The maximum atomic E-state index is 13.0. The van der Waals surface area contributed by atoms with Crippen molar-refractivity contribution in [1.29, 1.82) is 0 Å². The van der Waals surface area contributed by atoms with Crippen LogP contribution in [0.3, 0.4) is 0 Å². The van der Waals surface area contributed by atoms with Crippen molar-refractivity contribution in [3.63, 3.8) is 0 Å². The first-order chi connectivity index (χ1) is 9.49. The molecule has 0 amide bonds. The lowest BCUT2D eigenvalue weighted by Gasteiger charge is -2.06. The zero-order valence-electron chi connectivity index (χ0n) is 10.8. The number of carbonyl (C=O) groups excluding carboxylic acids is 1. The first kappa shape index (κ1) is 13.9. The lowest BCUT2D eigenvalue weighted by Crippen LogP contribution is -2.07. The molecule has 2 aromatic rings. The number of nitro benzene ring substituents is 1. The summed E-state index contributed by atoms with van der Waals surface area (Å²) in [4.78, 5) is 22.6. The number of benzene rings is 2. The highest BCUT2D eigenvalue weighted by molar-refractivity contribution is 5.99. The van der Waals surface area contributed by atoms with Crippen LogP contribution in [0.2, 0.25) is 0 Å². The number of hydrogen-bond acceptors (Lipinski definition) is 3. The molecule has 0 spiro atoms. The molecule has 0 unspecified atom stereocenters. The van der Waals surface area contributed by atoms with Gasteiger partial charge in [-0.25, -0.2) is 4.39 Å². The van der Waals surface area contributed by atoms with E-state index in [0.29, 0.717) is 16.7 Å². The van der Waals surface area contributed by atoms with Crippen molar-refractivity contribution in [3.05, 3.63) is 75.1 Å². The average Bonchev–Trinajstić information content (AvgIpc) is 2.38. The van der Waals surface area contributed by atoms with E-state index < -0.39 is 10.7 Å². The number of aryl methyl sites for hydroxylation is 1. The van der Waals surface area contributed by atoms with E-state index in [1.54, 1.807) is 25.1 Å². The van der Waals surface area contributed by atoms with Crippen molar-refractivity contribution in [2.45, 2.75) is 13.3 Å². The number of nitrogens with zero attached hydrogens (tertiary/aromatic N) is 1. The van der Waals surface area contributed by atoms with Gasteiger partial charge in [-0.3, -0.25) is 14.9 Å². The minimum absolute atomic E-state index is 0.0797. The van der Waals surface area contributed by atoms with Crippen LogP contribution in [0.4, 0.5) is 10.1 Å². The van der Waals surface area contributed by atoms with Crippen molar-refractivity contribution < 1.29 is 14.1 Å². The van der Waals surface area contributed by atoms with Gasteiger partial charge in [0.25, 0.3) is 5.69 Å². The molecule has 20 heavy (non-hydrogen) atoms. The van der Waals surface area contributed by atoms with E-state index in [2.05, 4.69) is 0 Å². The monoisotopic (exact) mass is 273 g/mol. The summed E-state index contributed by atoms with van der Waals surface area (Å²) in [7, 11) is 0. The van der Waals surface area contributed by atoms with Gasteiger partial charge in [0.1, 0.15) is 5.82 Å². The summed E-state index contributed by atoms with van der Waals surface area (Å²) < 4.78 is 13.0. The lowest BCUT2D eigenvalue weighted by atomic mass is 9.98. The van der Waals surface area contributed by atoms with Gasteiger partial charge >= 0.3 is 0 Å². The number of ketones is 1. The van der Waals surface area contributed by atoms with Crippen LogP contribution in [0, 0.1) is 22.9 Å². The van der Waals surface area contributed by atoms with Gasteiger partial charge in [-0.1, -0.05) is 18.2 Å². The standard InChI is InChI=1S/C15H12FNO3/c1-10-8-12(16)6-7-13(10)15(18)9-11-4-2-3-5-14(11)17(19)20/h2-8H,9H2,1H3. The molecule has 0 bridgehead atoms. The summed E-state index contributed by atoms with van der Waals surface area (Å²) in [6.07, 6.45) is -0.0797. The van der Waals surface area contributed by atoms with Gasteiger partial charge in [-0.2, -0.15) is 0 Å². The van der Waals surface area contributed by atoms with Gasteiger partial charge in [0.15, 0.2) is 5.78 Å². The first-order valence-corrected chi connectivity index (χ1v) is 6.00. The van der Waals surface area contributed by atoms with E-state index in [1.165, 1.54) is 24.3 Å². The molecule has 0 aromatic heterocycles. The molecule has 2 rings (SSSR count). The van der Waals surface area contributed by atoms with Crippen LogP contribution in [-0.2, 0) is 6.42 Å². The highest BCUT2D eigenvalue weighted by Gasteiger charge is 2.17. The highest BCUT2D eigenvalue weighted by Crippen LogP contribution is 2.21. The van der Waals surface area contributed by atoms with Crippen LogP contribution in [0.15, 0.2) is 42.5 Å². The normalized spacial score (nSPS) is 10.3. The van der Waals surface area contributed by atoms with Crippen LogP contribution in [0.1, 0.15) is 21.5 Å². The summed E-state index contributed by atoms with van der Waals surface area (Å²) in [6, 6.07) is 9.99. The fourth-order valence-corrected chi connectivity index (χ4v) is 2.05. The van der Waals surface area contributed by atoms with Crippen molar-refractivity contribution in [2.24, 2.45) is 0 Å². The van der Waals surface area contributed by atoms with Gasteiger partial charge in [0, 0.05) is 23.6 Å². The van der Waals surface area contributed by atoms with E-state index in [4.69, 9.17) is 0 Å². The maximum absolute atomic E-state index is 13.0. The van der Waals surface area contributed by atoms with Gasteiger partial charge < -0.3 is 0 Å². The van der Waals surface area contributed by atoms with Crippen LogP contribution in [0.25, 0.3) is 0 Å². The molecule has 0 fully saturated rings. The fraction of sp³-hybridized carbons (Fsp3) is 0.133. The van der Waals surface area contributed by atoms with Crippen LogP contribution < -0.4 is 0 Å². The molecular formula is C15H12FNO3. The minimum atomic E-state index is -0.514. The minimum Gasteiger partial charge on any atom is -0.294 e. The van der Waals surface area contributed by atoms with Crippen molar-refractivity contribution in [2.75, 3.05) is 0 Å². The molecule has 2 aromatic carbocycles. The van der Waals surface area contributed by atoms with E-state index >= 15 is 0 Å². The summed E-state index contributed by atoms with van der Waals surface area (Å²) in [5, 5.41) is 10.9. The molecule has 4 nitrogen and oxygen atoms in total. The maximum Gasteiger partial charge on any atom is 0.273 e. The topological polar surface area (TPSA) is 60.2 Å². The van der Waals surface area contributed by atoms with E-state index in [9.17, 15) is 19.3 Å². The largest absolute Gasteiger partial charge is 0.294 e. The van der Waals surface area contributed by atoms with Crippen LogP contribution >= 0.6 is 0 Å². The number of hydrogen-bond donors (Lipinski definition) is 0. The Bertz CT molecular complexity index is 683. The summed E-state index contributed by atoms with van der Waals surface area (Å²) in [5.41, 5.74) is 1.17. The second-order valence-corrected chi connectivity index (χ2v) is 4.45. The zero-order valence-corrected chi connectivity index (χ0v) is 10.8. The van der Waals surface area contributed by atoms with Gasteiger partial charge in [0.2, 0.25) is 0 Å². The molecule has 0 N–H and O–H groups in total. The third-order valence-electron chi connectivity index (χ3n) is 3.03. The molecule has 0 radical (unpaired) electrons. The molecule has 0 atom stereocenters. The van der Waals surface area contributed by atoms with Crippen molar-refractivity contribution >= 4 is 11.5 Å². The smallest absolute Gasteiger partial charge is 0.273 e. The molecule has 0 aliphatic rings. The molecule has 102 valence electrons. The first-order valence-electron chi connectivity index (χ1n) is 6.00. The van der Waals surface area contributed by atoms with Crippen LogP contribution in [-0.4, -0.2) is 10.7 Å². The van der Waals surface area contributed by atoms with E-state index in [1.807, 2.05) is 0 Å². The third-order valence-corrected chi connectivity index (χ3v) is 3.03. The summed E-state index contributed by atoms with van der Waals surface area (Å²) in [6.45, 7) is 1.63. The Hall–Kier alpha value is -2.56. The quantitative estimate of drug-likeness (QED) is 0.487. The third kappa shape index (κ3) is 2.88. The molecular weight excluding hydrogens is 261 g/mol. The molecule has 0 saturated heterocycles. The van der Waals surface area contributed by atoms with Crippen LogP contribution in [0.5, 0.6) is 0 Å². The zero-order chi connectivity index (χ0) is 14.7. The average molecular weight is 273 g/mol. The summed E-state index contributed by atoms with van der Waals surface area (Å²) in [5.74, 6) is -0.679. The predicted octanol–water partition coefficient (Wildman–Crippen LogP) is 3.47. The molecule has 0 aliphatic heterocycles. The Kier molecular flexibility index (Phi) is 3.89. The Labute approximate surface area is 115 Å². The Balaban J connectivity index is 2.30. The predicted molar refractivity (Wildman–Crippen MR) is 72.3 cm³/mol. The SMILES string of the molecule is Cc1cc(F)ccc1C(=O)Cc1ccccc1[N+](=O)[O-]. The molecule has 0 saturated carbocycles. The highest BCUT2D eigenvalue weighted by atomic mass is 19.1. The summed E-state index contributed by atoms with van der Waals surface area (Å²) >= 11 is 0. The Morgan fingerprint density at radius 3 is 2.60 bits per heavy atom. The second-order valence-electron chi connectivity index (χ2n) is 4.45. The van der Waals surface area contributed by atoms with Crippen molar-refractivity contribution in [3.8, 4) is 0 Å². The number of para-hydroxylation sites is 1. The number of carbonyl (C=O) groups is 1. The Morgan fingerprint density at radius 2 is 1.95 bits per heavy atom. The molecule has 5 heteroatoms. The molecule has 0 heterocycles. The van der Waals surface area contributed by atoms with E-state index in [-0.39, 0.29) is 17.9 Å². The number of nitro groups is 1. The van der Waals surface area contributed by atoms with Crippen molar-refractivity contribution in [1.82, 2.24) is 0 Å². The number of rotatable bonds is 4. The number of Topliss-reactive ketones (excluding diaryl/α,β-unsaturated/α-hetero) is 1. The second kappa shape index (κ2) is 5.61. The number of halogens is 1.